The van der Waals surface area contributed by atoms with E-state index in [0.717, 1.165) is 11.4 Å². The first kappa shape index (κ1) is 17.9. The van der Waals surface area contributed by atoms with Crippen molar-refractivity contribution in [2.75, 3.05) is 11.2 Å². The molecule has 0 saturated heterocycles. The molecular weight excluding hydrogens is 346 g/mol. The van der Waals surface area contributed by atoms with Gasteiger partial charge in [-0.2, -0.15) is 0 Å². The fraction of sp³-hybridized carbons (Fsp3) is 0.150. The van der Waals surface area contributed by atoms with E-state index >= 15 is 0 Å². The first-order valence-corrected chi connectivity index (χ1v) is 9.38. The van der Waals surface area contributed by atoms with Gasteiger partial charge in [-0.3, -0.25) is 19.1 Å². The first-order valence-electron chi connectivity index (χ1n) is 8.15. The molecule has 1 amide bonds. The van der Waals surface area contributed by atoms with Crippen LogP contribution < -0.4 is 10.5 Å². The van der Waals surface area contributed by atoms with Crippen LogP contribution >= 0.6 is 11.8 Å². The number of aromatic nitrogens is 2. The first-order chi connectivity index (χ1) is 12.6. The van der Waals surface area contributed by atoms with Crippen molar-refractivity contribution in [2.45, 2.75) is 18.6 Å². The Bertz CT molecular complexity index is 916. The highest BCUT2D eigenvalue weighted by Gasteiger charge is 2.20. The van der Waals surface area contributed by atoms with Gasteiger partial charge in [0.25, 0.3) is 11.5 Å². The minimum atomic E-state index is -0.226. The minimum absolute atomic E-state index is 0.0773. The molecule has 2 aromatic carbocycles. The van der Waals surface area contributed by atoms with Gasteiger partial charge >= 0.3 is 0 Å². The molecule has 0 N–H and O–H groups in total. The fourth-order valence-electron chi connectivity index (χ4n) is 2.69. The Morgan fingerprint density at radius 1 is 1.04 bits per heavy atom. The number of hydrogen-bond acceptors (Lipinski definition) is 4. The van der Waals surface area contributed by atoms with Crippen LogP contribution in [0, 0.1) is 6.92 Å². The largest absolute Gasteiger partial charge is 0.280 e. The Balaban J connectivity index is 2.01. The van der Waals surface area contributed by atoms with Gasteiger partial charge in [0.2, 0.25) is 0 Å². The summed E-state index contributed by atoms with van der Waals surface area (Å²) in [4.78, 5) is 31.5. The van der Waals surface area contributed by atoms with Crippen LogP contribution in [-0.2, 0) is 11.3 Å². The lowest BCUT2D eigenvalue weighted by molar-refractivity contribution is -0.118. The summed E-state index contributed by atoms with van der Waals surface area (Å²) >= 11 is 1.35. The van der Waals surface area contributed by atoms with Gasteiger partial charge in [-0.25, -0.2) is 4.98 Å². The second-order valence-corrected chi connectivity index (χ2v) is 6.48. The smallest absolute Gasteiger partial charge is 0.254 e. The number of rotatable bonds is 5. The van der Waals surface area contributed by atoms with Crippen molar-refractivity contribution in [3.05, 3.63) is 82.8 Å². The summed E-state index contributed by atoms with van der Waals surface area (Å²) in [5, 5.41) is 0.532. The van der Waals surface area contributed by atoms with E-state index in [-0.39, 0.29) is 18.0 Å². The Morgan fingerprint density at radius 2 is 1.58 bits per heavy atom. The van der Waals surface area contributed by atoms with Gasteiger partial charge in [-0.15, -0.1) is 0 Å². The van der Waals surface area contributed by atoms with E-state index in [2.05, 4.69) is 4.98 Å². The third-order valence-electron chi connectivity index (χ3n) is 3.86. The lowest BCUT2D eigenvalue weighted by Gasteiger charge is -2.24. The van der Waals surface area contributed by atoms with E-state index in [9.17, 15) is 9.59 Å². The molecule has 0 aliphatic rings. The van der Waals surface area contributed by atoms with E-state index in [4.69, 9.17) is 0 Å². The quantitative estimate of drug-likeness (QED) is 0.512. The zero-order chi connectivity index (χ0) is 18.5. The summed E-state index contributed by atoms with van der Waals surface area (Å²) in [6.07, 6.45) is 1.84. The molecule has 0 atom stereocenters. The summed E-state index contributed by atoms with van der Waals surface area (Å²) < 4.78 is 1.42. The predicted molar refractivity (Wildman–Crippen MR) is 105 cm³/mol. The summed E-state index contributed by atoms with van der Waals surface area (Å²) in [7, 11) is 0. The Kier molecular flexibility index (Phi) is 5.53. The van der Waals surface area contributed by atoms with Crippen molar-refractivity contribution >= 4 is 29.0 Å². The zero-order valence-corrected chi connectivity index (χ0v) is 15.4. The average molecular weight is 365 g/mol. The Hall–Kier alpha value is -2.86. The highest BCUT2D eigenvalue weighted by atomic mass is 32.2. The van der Waals surface area contributed by atoms with Crippen LogP contribution in [0.5, 0.6) is 0 Å². The van der Waals surface area contributed by atoms with Crippen molar-refractivity contribution < 1.29 is 4.79 Å². The van der Waals surface area contributed by atoms with Gasteiger partial charge in [0.15, 0.2) is 5.16 Å². The standard InChI is InChI=1S/C20H19N3O2S/c1-15-13-18(24)22(20(21-15)26-2)14-19(25)23(16-9-5-3-6-10-16)17-11-7-4-8-12-17/h3-13H,14H2,1-2H3. The van der Waals surface area contributed by atoms with E-state index < -0.39 is 0 Å². The molecular formula is C20H19N3O2S. The molecule has 5 nitrogen and oxygen atoms in total. The third-order valence-corrected chi connectivity index (χ3v) is 4.53. The molecule has 3 aromatic rings. The van der Waals surface area contributed by atoms with Gasteiger partial charge in [0, 0.05) is 23.1 Å². The van der Waals surface area contributed by atoms with Crippen molar-refractivity contribution in [3.8, 4) is 0 Å². The van der Waals surface area contributed by atoms with Crippen LogP contribution in [0.3, 0.4) is 0 Å². The third kappa shape index (κ3) is 3.86. The van der Waals surface area contributed by atoms with Crippen molar-refractivity contribution in [3.63, 3.8) is 0 Å². The van der Waals surface area contributed by atoms with Gasteiger partial charge in [0.05, 0.1) is 0 Å². The fourth-order valence-corrected chi connectivity index (χ4v) is 3.30. The van der Waals surface area contributed by atoms with Crippen molar-refractivity contribution in [1.29, 1.82) is 0 Å². The molecule has 0 fully saturated rings. The molecule has 0 unspecified atom stereocenters. The highest BCUT2D eigenvalue weighted by Crippen LogP contribution is 2.25. The van der Waals surface area contributed by atoms with Crippen LogP contribution in [0.2, 0.25) is 0 Å². The van der Waals surface area contributed by atoms with E-state index in [0.29, 0.717) is 10.9 Å². The average Bonchev–Trinajstić information content (AvgIpc) is 2.65. The number of anilines is 2. The molecule has 132 valence electrons. The monoisotopic (exact) mass is 365 g/mol. The van der Waals surface area contributed by atoms with Crippen LogP contribution in [0.4, 0.5) is 11.4 Å². The van der Waals surface area contributed by atoms with E-state index in [1.807, 2.05) is 66.9 Å². The summed E-state index contributed by atoms with van der Waals surface area (Å²) in [5.74, 6) is -0.203. The maximum absolute atomic E-state index is 13.1. The normalized spacial score (nSPS) is 10.5. The zero-order valence-electron chi connectivity index (χ0n) is 14.6. The molecule has 0 aliphatic heterocycles. The van der Waals surface area contributed by atoms with Crippen LogP contribution in [-0.4, -0.2) is 21.7 Å². The lowest BCUT2D eigenvalue weighted by Crippen LogP contribution is -2.34. The lowest BCUT2D eigenvalue weighted by atomic mass is 10.2. The number of hydrogen-bond donors (Lipinski definition) is 0. The minimum Gasteiger partial charge on any atom is -0.280 e. The maximum Gasteiger partial charge on any atom is 0.254 e. The number of benzene rings is 2. The van der Waals surface area contributed by atoms with Gasteiger partial charge < -0.3 is 0 Å². The molecule has 3 rings (SSSR count). The number of amides is 1. The molecule has 0 saturated carbocycles. The topological polar surface area (TPSA) is 55.2 Å². The van der Waals surface area contributed by atoms with Crippen LogP contribution in [0.25, 0.3) is 0 Å². The number of carbonyl (C=O) groups excluding carboxylic acids is 1. The molecule has 0 radical (unpaired) electrons. The molecule has 26 heavy (non-hydrogen) atoms. The Labute approximate surface area is 156 Å². The number of para-hydroxylation sites is 2. The maximum atomic E-state index is 13.1. The summed E-state index contributed by atoms with van der Waals surface area (Å²) in [5.41, 5.74) is 1.92. The number of aryl methyl sites for hydroxylation is 1. The van der Waals surface area contributed by atoms with Gasteiger partial charge in [-0.1, -0.05) is 48.2 Å². The molecule has 0 bridgehead atoms. The number of nitrogens with zero attached hydrogens (tertiary/aromatic N) is 3. The van der Waals surface area contributed by atoms with Crippen LogP contribution in [0.1, 0.15) is 5.69 Å². The SMILES string of the molecule is CSc1nc(C)cc(=O)n1CC(=O)N(c1ccccc1)c1ccccc1. The second kappa shape index (κ2) is 8.01. The number of carbonyl (C=O) groups is 1. The summed E-state index contributed by atoms with van der Waals surface area (Å²) in [6, 6.07) is 20.3. The number of thioether (sulfide) groups is 1. The summed E-state index contributed by atoms with van der Waals surface area (Å²) in [6.45, 7) is 1.69. The molecule has 6 heteroatoms. The van der Waals surface area contributed by atoms with E-state index in [1.54, 1.807) is 11.8 Å². The predicted octanol–water partition coefficient (Wildman–Crippen LogP) is 3.64. The van der Waals surface area contributed by atoms with E-state index in [1.165, 1.54) is 22.4 Å². The molecule has 0 spiro atoms. The van der Waals surface area contributed by atoms with Gasteiger partial charge in [0.1, 0.15) is 6.54 Å². The van der Waals surface area contributed by atoms with Crippen molar-refractivity contribution in [1.82, 2.24) is 9.55 Å². The van der Waals surface area contributed by atoms with Gasteiger partial charge in [-0.05, 0) is 37.4 Å². The highest BCUT2D eigenvalue weighted by molar-refractivity contribution is 7.98. The molecule has 1 aromatic heterocycles. The van der Waals surface area contributed by atoms with Crippen molar-refractivity contribution in [2.24, 2.45) is 0 Å². The molecule has 0 aliphatic carbocycles. The van der Waals surface area contributed by atoms with Crippen LogP contribution in [0.15, 0.2) is 76.7 Å². The Morgan fingerprint density at radius 3 is 2.08 bits per heavy atom. The molecule has 1 heterocycles. The second-order valence-electron chi connectivity index (χ2n) is 5.71.